The quantitative estimate of drug-likeness (QED) is 0.694. The van der Waals surface area contributed by atoms with Gasteiger partial charge < -0.3 is 9.64 Å². The zero-order chi connectivity index (χ0) is 10.3. The van der Waals surface area contributed by atoms with E-state index in [9.17, 15) is 4.79 Å². The van der Waals surface area contributed by atoms with Crippen LogP contribution in [-0.2, 0) is 4.74 Å². The van der Waals surface area contributed by atoms with Crippen molar-refractivity contribution in [3.8, 4) is 0 Å². The number of nitrogens with zero attached hydrogens (tertiary/aromatic N) is 1. The first kappa shape index (κ1) is 9.45. The van der Waals surface area contributed by atoms with Gasteiger partial charge in [0.25, 0.3) is 0 Å². The molecule has 1 unspecified atom stereocenters. The van der Waals surface area contributed by atoms with Crippen molar-refractivity contribution in [2.45, 2.75) is 31.3 Å². The molecule has 2 amide bonds. The van der Waals surface area contributed by atoms with Crippen LogP contribution in [0.2, 0.25) is 0 Å². The summed E-state index contributed by atoms with van der Waals surface area (Å²) in [5.74, 6) is 0.247. The molecule has 2 N–H and O–H groups in total. The van der Waals surface area contributed by atoms with Crippen LogP contribution in [0.15, 0.2) is 0 Å². The van der Waals surface area contributed by atoms with Crippen LogP contribution in [0.25, 0.3) is 0 Å². The zero-order valence-corrected chi connectivity index (χ0v) is 8.46. The second-order valence-corrected chi connectivity index (χ2v) is 4.11. The number of urea groups is 1. The molecule has 5 nitrogen and oxygen atoms in total. The fraction of sp³-hybridized carbons (Fsp3) is 0.778. The fourth-order valence-corrected chi connectivity index (χ4v) is 1.97. The SMILES string of the molecule is COCC1(C)C(=N)NC(=O)N1C1CC1. The highest BCUT2D eigenvalue weighted by Crippen LogP contribution is 2.36. The minimum Gasteiger partial charge on any atom is -0.382 e. The smallest absolute Gasteiger partial charge is 0.323 e. The van der Waals surface area contributed by atoms with Crippen molar-refractivity contribution in [2.75, 3.05) is 13.7 Å². The van der Waals surface area contributed by atoms with E-state index in [2.05, 4.69) is 5.32 Å². The number of nitrogens with one attached hydrogen (secondary N) is 2. The van der Waals surface area contributed by atoms with Crippen molar-refractivity contribution < 1.29 is 9.53 Å². The van der Waals surface area contributed by atoms with Crippen molar-refractivity contribution in [3.05, 3.63) is 0 Å². The van der Waals surface area contributed by atoms with E-state index in [1.165, 1.54) is 0 Å². The van der Waals surface area contributed by atoms with Crippen molar-refractivity contribution in [1.29, 1.82) is 5.41 Å². The number of ether oxygens (including phenoxy) is 1. The first-order valence-corrected chi connectivity index (χ1v) is 4.78. The predicted molar refractivity (Wildman–Crippen MR) is 51.4 cm³/mol. The lowest BCUT2D eigenvalue weighted by Gasteiger charge is -2.32. The Hall–Kier alpha value is -1.10. The topological polar surface area (TPSA) is 65.4 Å². The van der Waals surface area contributed by atoms with Crippen LogP contribution in [0.3, 0.4) is 0 Å². The lowest BCUT2D eigenvalue weighted by atomic mass is 10.0. The Morgan fingerprint density at radius 2 is 2.36 bits per heavy atom. The number of hydrogen-bond acceptors (Lipinski definition) is 3. The summed E-state index contributed by atoms with van der Waals surface area (Å²) in [6.07, 6.45) is 2.08. The number of rotatable bonds is 3. The van der Waals surface area contributed by atoms with E-state index in [1.807, 2.05) is 6.92 Å². The summed E-state index contributed by atoms with van der Waals surface area (Å²) >= 11 is 0. The Labute approximate surface area is 82.9 Å². The lowest BCUT2D eigenvalue weighted by molar-refractivity contribution is 0.0910. The fourth-order valence-electron chi connectivity index (χ4n) is 1.97. The molecular weight excluding hydrogens is 182 g/mol. The average molecular weight is 197 g/mol. The maximum atomic E-state index is 11.6. The Morgan fingerprint density at radius 3 is 2.86 bits per heavy atom. The molecule has 78 valence electrons. The van der Waals surface area contributed by atoms with Gasteiger partial charge in [0.2, 0.25) is 0 Å². The van der Waals surface area contributed by atoms with Crippen molar-refractivity contribution in [3.63, 3.8) is 0 Å². The van der Waals surface area contributed by atoms with E-state index in [0.29, 0.717) is 12.6 Å². The molecule has 1 atom stereocenters. The van der Waals surface area contributed by atoms with E-state index < -0.39 is 5.54 Å². The first-order chi connectivity index (χ1) is 6.59. The van der Waals surface area contributed by atoms with Crippen molar-refractivity contribution in [1.82, 2.24) is 10.2 Å². The molecule has 2 aliphatic rings. The molecule has 2 rings (SSSR count). The third-order valence-corrected chi connectivity index (χ3v) is 2.86. The van der Waals surface area contributed by atoms with Gasteiger partial charge in [0, 0.05) is 13.2 Å². The van der Waals surface area contributed by atoms with Crippen molar-refractivity contribution >= 4 is 11.9 Å². The zero-order valence-electron chi connectivity index (χ0n) is 8.46. The molecule has 1 heterocycles. The molecule has 0 aromatic rings. The Kier molecular flexibility index (Phi) is 1.99. The number of amidine groups is 1. The summed E-state index contributed by atoms with van der Waals surface area (Å²) in [6, 6.07) is 0.148. The third-order valence-electron chi connectivity index (χ3n) is 2.86. The number of carbonyl (C=O) groups is 1. The van der Waals surface area contributed by atoms with Gasteiger partial charge in [-0.1, -0.05) is 0 Å². The van der Waals surface area contributed by atoms with Gasteiger partial charge in [0.1, 0.15) is 11.4 Å². The van der Waals surface area contributed by atoms with Gasteiger partial charge in [0.05, 0.1) is 6.61 Å². The van der Waals surface area contributed by atoms with Crippen LogP contribution in [0.4, 0.5) is 4.79 Å². The highest BCUT2D eigenvalue weighted by Gasteiger charge is 2.52. The molecule has 0 spiro atoms. The van der Waals surface area contributed by atoms with E-state index in [0.717, 1.165) is 12.8 Å². The maximum Gasteiger partial charge on any atom is 0.323 e. The van der Waals surface area contributed by atoms with Gasteiger partial charge in [0.15, 0.2) is 0 Å². The highest BCUT2D eigenvalue weighted by molar-refractivity contribution is 6.08. The second-order valence-electron chi connectivity index (χ2n) is 4.11. The van der Waals surface area contributed by atoms with Gasteiger partial charge in [-0.3, -0.25) is 10.7 Å². The molecule has 14 heavy (non-hydrogen) atoms. The van der Waals surface area contributed by atoms with Crippen LogP contribution in [0, 0.1) is 5.41 Å². The van der Waals surface area contributed by atoms with E-state index in [4.69, 9.17) is 10.1 Å². The van der Waals surface area contributed by atoms with Gasteiger partial charge in [-0.25, -0.2) is 4.79 Å². The van der Waals surface area contributed by atoms with Crippen LogP contribution in [-0.4, -0.2) is 42.1 Å². The number of amides is 2. The van der Waals surface area contributed by atoms with Gasteiger partial charge in [-0.2, -0.15) is 0 Å². The van der Waals surface area contributed by atoms with Gasteiger partial charge in [-0.15, -0.1) is 0 Å². The lowest BCUT2D eigenvalue weighted by Crippen LogP contribution is -2.51. The number of methoxy groups -OCH3 is 1. The van der Waals surface area contributed by atoms with E-state index in [1.54, 1.807) is 12.0 Å². The highest BCUT2D eigenvalue weighted by atomic mass is 16.5. The Bertz CT molecular complexity index is 288. The van der Waals surface area contributed by atoms with Gasteiger partial charge in [-0.05, 0) is 19.8 Å². The minimum atomic E-state index is -0.590. The summed E-state index contributed by atoms with van der Waals surface area (Å²) in [6.45, 7) is 2.25. The summed E-state index contributed by atoms with van der Waals surface area (Å²) in [5.41, 5.74) is -0.590. The monoisotopic (exact) mass is 197 g/mol. The minimum absolute atomic E-state index is 0.156. The molecule has 1 aliphatic carbocycles. The molecule has 0 aromatic carbocycles. The molecule has 0 radical (unpaired) electrons. The molecule has 5 heteroatoms. The largest absolute Gasteiger partial charge is 0.382 e. The second kappa shape index (κ2) is 2.95. The van der Waals surface area contributed by atoms with Crippen molar-refractivity contribution in [2.24, 2.45) is 0 Å². The molecular formula is C9H15N3O2. The molecule has 1 saturated carbocycles. The summed E-state index contributed by atoms with van der Waals surface area (Å²) < 4.78 is 5.08. The average Bonchev–Trinajstić information content (AvgIpc) is 2.85. The standard InChI is InChI=1S/C9H15N3O2/c1-9(5-14-2)7(10)11-8(13)12(9)6-3-4-6/h6H,3-5H2,1-2H3,(H2,10,11,13). The number of hydrogen-bond donors (Lipinski definition) is 2. The van der Waals surface area contributed by atoms with Gasteiger partial charge >= 0.3 is 6.03 Å². The maximum absolute atomic E-state index is 11.6. The molecule has 1 saturated heterocycles. The molecule has 0 aromatic heterocycles. The summed E-state index contributed by atoms with van der Waals surface area (Å²) in [5, 5.41) is 10.3. The first-order valence-electron chi connectivity index (χ1n) is 4.78. The van der Waals surface area contributed by atoms with E-state index in [-0.39, 0.29) is 11.9 Å². The summed E-state index contributed by atoms with van der Waals surface area (Å²) in [7, 11) is 1.59. The molecule has 2 fully saturated rings. The van der Waals surface area contributed by atoms with Crippen LogP contribution < -0.4 is 5.32 Å². The van der Waals surface area contributed by atoms with Crippen LogP contribution in [0.5, 0.6) is 0 Å². The molecule has 1 aliphatic heterocycles. The van der Waals surface area contributed by atoms with E-state index >= 15 is 0 Å². The summed E-state index contributed by atoms with van der Waals surface area (Å²) in [4.78, 5) is 13.3. The molecule has 0 bridgehead atoms. The third kappa shape index (κ3) is 1.19. The normalized spacial score (nSPS) is 32.3. The number of carbonyl (C=O) groups excluding carboxylic acids is 1. The Morgan fingerprint density at radius 1 is 1.71 bits per heavy atom. The predicted octanol–water partition coefficient (Wildman–Crippen LogP) is 0.556. The Balaban J connectivity index is 2.25. The van der Waals surface area contributed by atoms with Crippen LogP contribution in [0.1, 0.15) is 19.8 Å². The van der Waals surface area contributed by atoms with Crippen LogP contribution >= 0.6 is 0 Å².